The Bertz CT molecular complexity index is 429. The Morgan fingerprint density at radius 2 is 1.85 bits per heavy atom. The topological polar surface area (TPSA) is 55.1 Å². The van der Waals surface area contributed by atoms with Crippen LogP contribution in [0.3, 0.4) is 0 Å². The Morgan fingerprint density at radius 3 is 2.35 bits per heavy atom. The summed E-state index contributed by atoms with van der Waals surface area (Å²) in [5.41, 5.74) is 6.09. The molecule has 1 amide bonds. The molecule has 3 N–H and O–H groups in total. The van der Waals surface area contributed by atoms with Crippen LogP contribution in [0.5, 0.6) is 0 Å². The number of carbonyl (C=O) groups excluding carboxylic acids is 1. The Labute approximate surface area is 130 Å². The molecule has 0 heterocycles. The molecule has 0 aliphatic heterocycles. The fourth-order valence-electron chi connectivity index (χ4n) is 2.16. The summed E-state index contributed by atoms with van der Waals surface area (Å²) in [4.78, 5) is 12.0. The van der Waals surface area contributed by atoms with Gasteiger partial charge in [0, 0.05) is 6.42 Å². The molecule has 112 valence electrons. The van der Waals surface area contributed by atoms with Crippen molar-refractivity contribution in [2.24, 2.45) is 17.6 Å². The van der Waals surface area contributed by atoms with E-state index in [0.29, 0.717) is 40.5 Å². The summed E-state index contributed by atoms with van der Waals surface area (Å²) in [7, 11) is 0. The molecule has 0 radical (unpaired) electrons. The Kier molecular flexibility index (Phi) is 7.35. The van der Waals surface area contributed by atoms with E-state index in [9.17, 15) is 4.79 Å². The summed E-state index contributed by atoms with van der Waals surface area (Å²) in [5, 5.41) is 3.68. The molecule has 0 aromatic heterocycles. The summed E-state index contributed by atoms with van der Waals surface area (Å²) in [6.07, 6.45) is 2.21. The zero-order valence-corrected chi connectivity index (χ0v) is 13.5. The lowest BCUT2D eigenvalue weighted by atomic mass is 9.88. The van der Waals surface area contributed by atoms with E-state index >= 15 is 0 Å². The number of anilines is 1. The predicted molar refractivity (Wildman–Crippen MR) is 86.3 cm³/mol. The average molecular weight is 317 g/mol. The SMILES string of the molecule is CC(C)C(CCN)CCC(=O)Nc1c(Cl)cccc1Cl. The lowest BCUT2D eigenvalue weighted by Crippen LogP contribution is -2.18. The summed E-state index contributed by atoms with van der Waals surface area (Å²) < 4.78 is 0. The minimum atomic E-state index is -0.0670. The van der Waals surface area contributed by atoms with E-state index in [2.05, 4.69) is 19.2 Å². The Morgan fingerprint density at radius 1 is 1.25 bits per heavy atom. The van der Waals surface area contributed by atoms with E-state index in [1.165, 1.54) is 0 Å². The molecule has 0 spiro atoms. The van der Waals surface area contributed by atoms with Crippen molar-refractivity contribution < 1.29 is 4.79 Å². The molecule has 1 aromatic rings. The normalized spacial score (nSPS) is 12.5. The van der Waals surface area contributed by atoms with Gasteiger partial charge < -0.3 is 11.1 Å². The van der Waals surface area contributed by atoms with Crippen LogP contribution in [0, 0.1) is 11.8 Å². The molecule has 1 rings (SSSR count). The maximum Gasteiger partial charge on any atom is 0.224 e. The molecule has 0 aliphatic carbocycles. The molecule has 1 aromatic carbocycles. The summed E-state index contributed by atoms with van der Waals surface area (Å²) in [6, 6.07) is 5.15. The third-order valence-corrected chi connectivity index (χ3v) is 4.08. The number of benzene rings is 1. The van der Waals surface area contributed by atoms with Gasteiger partial charge in [-0.1, -0.05) is 43.1 Å². The zero-order chi connectivity index (χ0) is 15.1. The Hall–Kier alpha value is -0.770. The van der Waals surface area contributed by atoms with E-state index in [1.807, 2.05) is 0 Å². The number of hydrogen-bond acceptors (Lipinski definition) is 2. The lowest BCUT2D eigenvalue weighted by molar-refractivity contribution is -0.116. The second kappa shape index (κ2) is 8.50. The van der Waals surface area contributed by atoms with Gasteiger partial charge in [-0.3, -0.25) is 4.79 Å². The van der Waals surface area contributed by atoms with Gasteiger partial charge in [0.05, 0.1) is 15.7 Å². The van der Waals surface area contributed by atoms with Crippen molar-refractivity contribution in [3.63, 3.8) is 0 Å². The molecular formula is C15H22Cl2N2O. The molecule has 0 aliphatic rings. The monoisotopic (exact) mass is 316 g/mol. The van der Waals surface area contributed by atoms with Gasteiger partial charge in [-0.25, -0.2) is 0 Å². The highest BCUT2D eigenvalue weighted by molar-refractivity contribution is 6.39. The number of halogens is 2. The number of nitrogens with one attached hydrogen (secondary N) is 1. The smallest absolute Gasteiger partial charge is 0.224 e. The van der Waals surface area contributed by atoms with Crippen LogP contribution in [0.15, 0.2) is 18.2 Å². The maximum atomic E-state index is 12.0. The zero-order valence-electron chi connectivity index (χ0n) is 12.0. The van der Waals surface area contributed by atoms with Crippen LogP contribution < -0.4 is 11.1 Å². The molecular weight excluding hydrogens is 295 g/mol. The van der Waals surface area contributed by atoms with Gasteiger partial charge in [-0.05, 0) is 43.4 Å². The molecule has 0 saturated heterocycles. The molecule has 1 atom stereocenters. The van der Waals surface area contributed by atoms with E-state index < -0.39 is 0 Å². The van der Waals surface area contributed by atoms with Gasteiger partial charge >= 0.3 is 0 Å². The van der Waals surface area contributed by atoms with Gasteiger partial charge in [0.2, 0.25) is 5.91 Å². The van der Waals surface area contributed by atoms with Crippen LogP contribution in [0.4, 0.5) is 5.69 Å². The minimum Gasteiger partial charge on any atom is -0.330 e. The first-order chi connectivity index (χ1) is 9.45. The molecule has 3 nitrogen and oxygen atoms in total. The number of amides is 1. The van der Waals surface area contributed by atoms with Crippen molar-refractivity contribution in [3.8, 4) is 0 Å². The second-order valence-corrected chi connectivity index (χ2v) is 6.08. The van der Waals surface area contributed by atoms with Crippen LogP contribution in [-0.4, -0.2) is 12.5 Å². The van der Waals surface area contributed by atoms with Crippen LogP contribution >= 0.6 is 23.2 Å². The second-order valence-electron chi connectivity index (χ2n) is 5.26. The molecule has 0 bridgehead atoms. The fraction of sp³-hybridized carbons (Fsp3) is 0.533. The van der Waals surface area contributed by atoms with Gasteiger partial charge in [-0.2, -0.15) is 0 Å². The van der Waals surface area contributed by atoms with Gasteiger partial charge in [0.15, 0.2) is 0 Å². The first kappa shape index (κ1) is 17.3. The lowest BCUT2D eigenvalue weighted by Gasteiger charge is -2.19. The summed E-state index contributed by atoms with van der Waals surface area (Å²) in [6.45, 7) is 4.97. The highest BCUT2D eigenvalue weighted by Crippen LogP contribution is 2.30. The standard InChI is InChI=1S/C15H22Cl2N2O/c1-10(2)11(8-9-18)6-7-14(20)19-15-12(16)4-3-5-13(15)17/h3-5,10-11H,6-9,18H2,1-2H3,(H,19,20). The summed E-state index contributed by atoms with van der Waals surface area (Å²) in [5.74, 6) is 0.922. The first-order valence-corrected chi connectivity index (χ1v) is 7.65. The van der Waals surface area contributed by atoms with Crippen LogP contribution in [0.2, 0.25) is 10.0 Å². The molecule has 1 unspecified atom stereocenters. The quantitative estimate of drug-likeness (QED) is 0.786. The molecule has 0 fully saturated rings. The van der Waals surface area contributed by atoms with Crippen molar-refractivity contribution in [3.05, 3.63) is 28.2 Å². The maximum absolute atomic E-state index is 12.0. The van der Waals surface area contributed by atoms with Crippen LogP contribution in [0.1, 0.15) is 33.1 Å². The van der Waals surface area contributed by atoms with Gasteiger partial charge in [0.25, 0.3) is 0 Å². The molecule has 0 saturated carbocycles. The number of carbonyl (C=O) groups is 1. The van der Waals surface area contributed by atoms with Crippen LogP contribution in [-0.2, 0) is 4.79 Å². The largest absolute Gasteiger partial charge is 0.330 e. The first-order valence-electron chi connectivity index (χ1n) is 6.89. The third kappa shape index (κ3) is 5.31. The number of nitrogens with two attached hydrogens (primary N) is 1. The minimum absolute atomic E-state index is 0.0670. The van der Waals surface area contributed by atoms with E-state index in [1.54, 1.807) is 18.2 Å². The molecule has 20 heavy (non-hydrogen) atoms. The Balaban J connectivity index is 2.55. The summed E-state index contributed by atoms with van der Waals surface area (Å²) >= 11 is 12.0. The van der Waals surface area contributed by atoms with Crippen molar-refractivity contribution in [2.45, 2.75) is 33.1 Å². The van der Waals surface area contributed by atoms with Gasteiger partial charge in [0.1, 0.15) is 0 Å². The third-order valence-electron chi connectivity index (χ3n) is 3.45. The predicted octanol–water partition coefficient (Wildman–Crippen LogP) is 4.33. The number of hydrogen-bond donors (Lipinski definition) is 2. The fourth-order valence-corrected chi connectivity index (χ4v) is 2.65. The van der Waals surface area contributed by atoms with E-state index in [0.717, 1.165) is 12.8 Å². The average Bonchev–Trinajstić information content (AvgIpc) is 2.38. The number of rotatable bonds is 7. The van der Waals surface area contributed by atoms with E-state index in [4.69, 9.17) is 28.9 Å². The van der Waals surface area contributed by atoms with Crippen molar-refractivity contribution in [1.29, 1.82) is 0 Å². The van der Waals surface area contributed by atoms with Crippen molar-refractivity contribution in [2.75, 3.05) is 11.9 Å². The van der Waals surface area contributed by atoms with Crippen molar-refractivity contribution in [1.82, 2.24) is 0 Å². The van der Waals surface area contributed by atoms with Gasteiger partial charge in [-0.15, -0.1) is 0 Å². The molecule has 5 heteroatoms. The number of para-hydroxylation sites is 1. The highest BCUT2D eigenvalue weighted by atomic mass is 35.5. The van der Waals surface area contributed by atoms with Crippen LogP contribution in [0.25, 0.3) is 0 Å². The van der Waals surface area contributed by atoms with E-state index in [-0.39, 0.29) is 5.91 Å². The highest BCUT2D eigenvalue weighted by Gasteiger charge is 2.15. The van der Waals surface area contributed by atoms with Crippen molar-refractivity contribution >= 4 is 34.8 Å².